The molecule has 0 N–H and O–H groups in total. The Morgan fingerprint density at radius 3 is 2.55 bits per heavy atom. The molecule has 6 nitrogen and oxygen atoms in total. The second-order valence-corrected chi connectivity index (χ2v) is 7.50. The topological polar surface area (TPSA) is 63.9 Å². The number of hydrogen-bond donors (Lipinski definition) is 0. The molecule has 150 valence electrons. The van der Waals surface area contributed by atoms with Crippen molar-refractivity contribution < 1.29 is 14.3 Å². The summed E-state index contributed by atoms with van der Waals surface area (Å²) in [7, 11) is 0. The van der Waals surface area contributed by atoms with Crippen LogP contribution in [0, 0.1) is 5.92 Å². The Balaban J connectivity index is 1.64. The Bertz CT molecular complexity index is 1040. The minimum Gasteiger partial charge on any atom is -0.466 e. The first-order chi connectivity index (χ1) is 14.1. The van der Waals surface area contributed by atoms with Crippen LogP contribution in [-0.4, -0.2) is 45.9 Å². The van der Waals surface area contributed by atoms with E-state index in [1.807, 2.05) is 40.9 Å². The van der Waals surface area contributed by atoms with E-state index in [0.717, 1.165) is 11.3 Å². The molecule has 7 heteroatoms. The fourth-order valence-corrected chi connectivity index (χ4v) is 3.88. The van der Waals surface area contributed by atoms with E-state index in [0.29, 0.717) is 48.9 Å². The van der Waals surface area contributed by atoms with Crippen LogP contribution < -0.4 is 0 Å². The molecule has 3 heterocycles. The fraction of sp³-hybridized carbons (Fsp3) is 0.318. The Hall–Kier alpha value is -2.86. The number of carbonyl (C=O) groups is 2. The number of carbonyl (C=O) groups excluding carboxylic acids is 2. The molecule has 1 amide bonds. The number of likely N-dealkylation sites (tertiary alicyclic amines) is 1. The van der Waals surface area contributed by atoms with Gasteiger partial charge in [0.25, 0.3) is 5.91 Å². The summed E-state index contributed by atoms with van der Waals surface area (Å²) >= 11 is 6.04. The smallest absolute Gasteiger partial charge is 0.309 e. The molecule has 0 radical (unpaired) electrons. The Morgan fingerprint density at radius 2 is 1.86 bits per heavy atom. The van der Waals surface area contributed by atoms with Crippen LogP contribution in [0.1, 0.15) is 30.3 Å². The molecule has 4 rings (SSSR count). The molecule has 1 saturated heterocycles. The highest BCUT2D eigenvalue weighted by atomic mass is 35.5. The van der Waals surface area contributed by atoms with Gasteiger partial charge in [0.05, 0.1) is 18.2 Å². The van der Waals surface area contributed by atoms with E-state index in [1.54, 1.807) is 24.0 Å². The number of aromatic nitrogens is 2. The van der Waals surface area contributed by atoms with Crippen molar-refractivity contribution in [1.82, 2.24) is 14.3 Å². The van der Waals surface area contributed by atoms with Crippen molar-refractivity contribution in [1.29, 1.82) is 0 Å². The number of fused-ring (bicyclic) bond motifs is 1. The van der Waals surface area contributed by atoms with Gasteiger partial charge in [-0.15, -0.1) is 0 Å². The minimum atomic E-state index is -0.172. The summed E-state index contributed by atoms with van der Waals surface area (Å²) in [5.74, 6) is -0.439. The molecule has 1 aliphatic rings. The van der Waals surface area contributed by atoms with Crippen LogP contribution in [0.3, 0.4) is 0 Å². The van der Waals surface area contributed by atoms with E-state index in [9.17, 15) is 9.59 Å². The summed E-state index contributed by atoms with van der Waals surface area (Å²) in [5, 5.41) is 0.636. The number of piperidine rings is 1. The van der Waals surface area contributed by atoms with Gasteiger partial charge in [-0.1, -0.05) is 29.8 Å². The molecule has 29 heavy (non-hydrogen) atoms. The molecule has 1 aromatic carbocycles. The molecular weight excluding hydrogens is 390 g/mol. The maximum Gasteiger partial charge on any atom is 0.309 e. The molecule has 0 atom stereocenters. The zero-order valence-corrected chi connectivity index (χ0v) is 16.9. The van der Waals surface area contributed by atoms with Gasteiger partial charge in [-0.2, -0.15) is 0 Å². The van der Waals surface area contributed by atoms with Crippen LogP contribution in [0.15, 0.2) is 48.7 Å². The average molecular weight is 412 g/mol. The number of pyridine rings is 1. The third-order valence-electron chi connectivity index (χ3n) is 5.25. The Labute approximate surface area is 174 Å². The molecule has 0 spiro atoms. The normalized spacial score (nSPS) is 14.9. The third kappa shape index (κ3) is 3.85. The van der Waals surface area contributed by atoms with Gasteiger partial charge in [-0.3, -0.25) is 14.0 Å². The molecule has 2 aromatic heterocycles. The minimum absolute atomic E-state index is 0.124. The lowest BCUT2D eigenvalue weighted by molar-refractivity contribution is -0.149. The maximum atomic E-state index is 13.3. The van der Waals surface area contributed by atoms with E-state index >= 15 is 0 Å². The SMILES string of the molecule is CCOC(=O)C1CCN(C(=O)c2nc3ccccn3c2-c2ccc(Cl)cc2)CC1. The first-order valence-electron chi connectivity index (χ1n) is 9.77. The summed E-state index contributed by atoms with van der Waals surface area (Å²) in [5.41, 5.74) is 2.74. The van der Waals surface area contributed by atoms with Crippen molar-refractivity contribution in [2.24, 2.45) is 5.92 Å². The summed E-state index contributed by atoms with van der Waals surface area (Å²) in [6.07, 6.45) is 3.11. The predicted octanol–water partition coefficient (Wildman–Crippen LogP) is 4.07. The van der Waals surface area contributed by atoms with Crippen molar-refractivity contribution >= 4 is 29.1 Å². The Morgan fingerprint density at radius 1 is 1.14 bits per heavy atom. The second-order valence-electron chi connectivity index (χ2n) is 7.06. The fourth-order valence-electron chi connectivity index (χ4n) is 3.76. The summed E-state index contributed by atoms with van der Waals surface area (Å²) < 4.78 is 7.04. The highest BCUT2D eigenvalue weighted by molar-refractivity contribution is 6.30. The van der Waals surface area contributed by atoms with E-state index in [2.05, 4.69) is 4.98 Å². The number of halogens is 1. The van der Waals surface area contributed by atoms with Gasteiger partial charge in [-0.25, -0.2) is 4.98 Å². The lowest BCUT2D eigenvalue weighted by Crippen LogP contribution is -2.41. The monoisotopic (exact) mass is 411 g/mol. The van der Waals surface area contributed by atoms with Gasteiger partial charge in [0.1, 0.15) is 5.65 Å². The van der Waals surface area contributed by atoms with Crippen LogP contribution in [0.4, 0.5) is 0 Å². The zero-order valence-electron chi connectivity index (χ0n) is 16.2. The van der Waals surface area contributed by atoms with E-state index in [-0.39, 0.29) is 17.8 Å². The highest BCUT2D eigenvalue weighted by Crippen LogP contribution is 2.29. The van der Waals surface area contributed by atoms with Crippen LogP contribution in [0.25, 0.3) is 16.9 Å². The molecular formula is C22H22ClN3O3. The van der Waals surface area contributed by atoms with Gasteiger partial charge in [0.15, 0.2) is 5.69 Å². The standard InChI is InChI=1S/C22H22ClN3O3/c1-2-29-22(28)16-10-13-25(14-11-16)21(27)19-20(15-6-8-17(23)9-7-15)26-12-4-3-5-18(26)24-19/h3-9,12,16H,2,10-11,13-14H2,1H3. The number of amides is 1. The number of nitrogens with zero attached hydrogens (tertiary/aromatic N) is 3. The number of rotatable bonds is 4. The zero-order chi connectivity index (χ0) is 20.4. The summed E-state index contributed by atoms with van der Waals surface area (Å²) in [6.45, 7) is 3.20. The molecule has 1 fully saturated rings. The van der Waals surface area contributed by atoms with Gasteiger partial charge >= 0.3 is 5.97 Å². The van der Waals surface area contributed by atoms with Crippen LogP contribution >= 0.6 is 11.6 Å². The molecule has 0 aliphatic carbocycles. The second kappa shape index (κ2) is 8.25. The van der Waals surface area contributed by atoms with Crippen LogP contribution in [-0.2, 0) is 9.53 Å². The van der Waals surface area contributed by atoms with Crippen molar-refractivity contribution in [3.05, 3.63) is 59.4 Å². The number of hydrogen-bond acceptors (Lipinski definition) is 4. The maximum absolute atomic E-state index is 13.3. The van der Waals surface area contributed by atoms with Crippen molar-refractivity contribution in [2.45, 2.75) is 19.8 Å². The van der Waals surface area contributed by atoms with Gasteiger partial charge in [-0.05, 0) is 44.0 Å². The first-order valence-corrected chi connectivity index (χ1v) is 10.1. The summed E-state index contributed by atoms with van der Waals surface area (Å²) in [4.78, 5) is 31.7. The van der Waals surface area contributed by atoms with Crippen LogP contribution in [0.5, 0.6) is 0 Å². The number of esters is 1. The van der Waals surface area contributed by atoms with Crippen molar-refractivity contribution in [3.63, 3.8) is 0 Å². The molecule has 1 aliphatic heterocycles. The Kier molecular flexibility index (Phi) is 5.53. The lowest BCUT2D eigenvalue weighted by Gasteiger charge is -2.30. The summed E-state index contributed by atoms with van der Waals surface area (Å²) in [6, 6.07) is 13.1. The number of imidazole rings is 1. The first kappa shape index (κ1) is 19.5. The molecule has 0 saturated carbocycles. The van der Waals surface area contributed by atoms with Gasteiger partial charge in [0, 0.05) is 29.9 Å². The van der Waals surface area contributed by atoms with Crippen LogP contribution in [0.2, 0.25) is 5.02 Å². The largest absolute Gasteiger partial charge is 0.466 e. The predicted molar refractivity (Wildman–Crippen MR) is 111 cm³/mol. The van der Waals surface area contributed by atoms with Gasteiger partial charge < -0.3 is 9.64 Å². The van der Waals surface area contributed by atoms with E-state index in [1.165, 1.54) is 0 Å². The number of ether oxygens (including phenoxy) is 1. The average Bonchev–Trinajstić information content (AvgIpc) is 3.14. The van der Waals surface area contributed by atoms with E-state index in [4.69, 9.17) is 16.3 Å². The van der Waals surface area contributed by atoms with E-state index < -0.39 is 0 Å². The van der Waals surface area contributed by atoms with Crippen molar-refractivity contribution in [3.8, 4) is 11.3 Å². The third-order valence-corrected chi connectivity index (χ3v) is 5.50. The van der Waals surface area contributed by atoms with Gasteiger partial charge in [0.2, 0.25) is 0 Å². The lowest BCUT2D eigenvalue weighted by atomic mass is 9.96. The highest BCUT2D eigenvalue weighted by Gasteiger charge is 2.31. The quantitative estimate of drug-likeness (QED) is 0.607. The van der Waals surface area contributed by atoms with Crippen molar-refractivity contribution in [2.75, 3.05) is 19.7 Å². The molecule has 3 aromatic rings. The molecule has 0 unspecified atom stereocenters. The number of benzene rings is 1. The molecule has 0 bridgehead atoms.